The number of amides is 1. The highest BCUT2D eigenvalue weighted by molar-refractivity contribution is 5.77. The highest BCUT2D eigenvalue weighted by Crippen LogP contribution is 2.16. The van der Waals surface area contributed by atoms with Crippen molar-refractivity contribution in [1.29, 1.82) is 0 Å². The van der Waals surface area contributed by atoms with Crippen LogP contribution < -0.4 is 4.90 Å². The first-order valence-electron chi connectivity index (χ1n) is 9.68. The molecule has 3 heterocycles. The summed E-state index contributed by atoms with van der Waals surface area (Å²) in [4.78, 5) is 25.1. The molecule has 8 heteroatoms. The molecule has 8 nitrogen and oxygen atoms in total. The van der Waals surface area contributed by atoms with Crippen molar-refractivity contribution < 1.29 is 9.53 Å². The quantitative estimate of drug-likeness (QED) is 0.637. The predicted molar refractivity (Wildman–Crippen MR) is 109 cm³/mol. The summed E-state index contributed by atoms with van der Waals surface area (Å²) in [5.41, 5.74) is 2.00. The van der Waals surface area contributed by atoms with Gasteiger partial charge >= 0.3 is 0 Å². The molecular weight excluding hydrogens is 368 g/mol. The molecule has 29 heavy (non-hydrogen) atoms. The van der Waals surface area contributed by atoms with Crippen LogP contribution in [0.4, 0.5) is 5.82 Å². The van der Waals surface area contributed by atoms with Gasteiger partial charge in [0.1, 0.15) is 18.8 Å². The van der Waals surface area contributed by atoms with E-state index in [-0.39, 0.29) is 12.5 Å². The van der Waals surface area contributed by atoms with Crippen molar-refractivity contribution in [3.05, 3.63) is 66.2 Å². The molecule has 150 valence electrons. The van der Waals surface area contributed by atoms with Gasteiger partial charge in [0.25, 0.3) is 0 Å². The van der Waals surface area contributed by atoms with E-state index in [1.54, 1.807) is 11.0 Å². The molecule has 0 bridgehead atoms. The molecule has 0 atom stereocenters. The lowest BCUT2D eigenvalue weighted by atomic mass is 10.2. The number of carbonyl (C=O) groups is 1. The molecule has 1 aliphatic rings. The SMILES string of the molecule is Cc1ccn(-c2cc(N3CCN(C(=O)COCc4ccccc4)CC3)ncn2)n1. The number of hydrogen-bond donors (Lipinski definition) is 0. The van der Waals surface area contributed by atoms with Crippen LogP contribution in [0.2, 0.25) is 0 Å². The molecule has 1 saturated heterocycles. The Morgan fingerprint density at radius 1 is 1.03 bits per heavy atom. The Balaban J connectivity index is 1.28. The van der Waals surface area contributed by atoms with Gasteiger partial charge < -0.3 is 14.5 Å². The van der Waals surface area contributed by atoms with E-state index in [0.717, 1.165) is 36.0 Å². The van der Waals surface area contributed by atoms with Crippen molar-refractivity contribution in [3.63, 3.8) is 0 Å². The zero-order valence-corrected chi connectivity index (χ0v) is 16.4. The molecule has 0 radical (unpaired) electrons. The van der Waals surface area contributed by atoms with E-state index in [1.165, 1.54) is 0 Å². The number of carbonyl (C=O) groups excluding carboxylic acids is 1. The van der Waals surface area contributed by atoms with Gasteiger partial charge in [-0.25, -0.2) is 14.6 Å². The molecule has 0 saturated carbocycles. The van der Waals surface area contributed by atoms with Crippen LogP contribution in [0.1, 0.15) is 11.3 Å². The van der Waals surface area contributed by atoms with Crippen molar-refractivity contribution in [3.8, 4) is 5.82 Å². The Kier molecular flexibility index (Phi) is 5.81. The van der Waals surface area contributed by atoms with Crippen LogP contribution in [0.15, 0.2) is 55.0 Å². The number of nitrogens with zero attached hydrogens (tertiary/aromatic N) is 6. The van der Waals surface area contributed by atoms with E-state index in [1.807, 2.05) is 60.5 Å². The van der Waals surface area contributed by atoms with Gasteiger partial charge in [-0.1, -0.05) is 30.3 Å². The second-order valence-corrected chi connectivity index (χ2v) is 6.98. The Morgan fingerprint density at radius 3 is 2.52 bits per heavy atom. The van der Waals surface area contributed by atoms with Crippen LogP contribution in [0, 0.1) is 6.92 Å². The highest BCUT2D eigenvalue weighted by Gasteiger charge is 2.22. The predicted octanol–water partition coefficient (Wildman–Crippen LogP) is 1.84. The van der Waals surface area contributed by atoms with Gasteiger partial charge in [-0.15, -0.1) is 0 Å². The van der Waals surface area contributed by atoms with Crippen LogP contribution >= 0.6 is 0 Å². The van der Waals surface area contributed by atoms with Crippen molar-refractivity contribution >= 4 is 11.7 Å². The second kappa shape index (κ2) is 8.83. The van der Waals surface area contributed by atoms with Crippen molar-refractivity contribution in [2.45, 2.75) is 13.5 Å². The summed E-state index contributed by atoms with van der Waals surface area (Å²) >= 11 is 0. The number of hydrogen-bond acceptors (Lipinski definition) is 6. The van der Waals surface area contributed by atoms with Gasteiger partial charge in [-0.05, 0) is 18.6 Å². The fourth-order valence-corrected chi connectivity index (χ4v) is 3.28. The topological polar surface area (TPSA) is 76.4 Å². The number of benzene rings is 1. The third kappa shape index (κ3) is 4.78. The van der Waals surface area contributed by atoms with Gasteiger partial charge in [0.15, 0.2) is 5.82 Å². The van der Waals surface area contributed by atoms with Gasteiger partial charge in [-0.3, -0.25) is 4.79 Å². The number of anilines is 1. The lowest BCUT2D eigenvalue weighted by Gasteiger charge is -2.35. The Morgan fingerprint density at radius 2 is 1.79 bits per heavy atom. The van der Waals surface area contributed by atoms with Crippen LogP contribution in [0.5, 0.6) is 0 Å². The molecule has 0 aliphatic carbocycles. The van der Waals surface area contributed by atoms with E-state index in [2.05, 4.69) is 20.0 Å². The minimum Gasteiger partial charge on any atom is -0.367 e. The third-order valence-electron chi connectivity index (χ3n) is 4.89. The monoisotopic (exact) mass is 392 g/mol. The van der Waals surface area contributed by atoms with Gasteiger partial charge in [0, 0.05) is 38.4 Å². The smallest absolute Gasteiger partial charge is 0.248 e. The summed E-state index contributed by atoms with van der Waals surface area (Å²) < 4.78 is 7.32. The molecule has 4 rings (SSSR count). The Hall–Kier alpha value is -3.26. The summed E-state index contributed by atoms with van der Waals surface area (Å²) in [6.45, 7) is 5.23. The Labute approximate surface area is 169 Å². The zero-order valence-electron chi connectivity index (χ0n) is 16.4. The molecule has 0 N–H and O–H groups in total. The molecule has 3 aromatic rings. The van der Waals surface area contributed by atoms with E-state index in [9.17, 15) is 4.79 Å². The lowest BCUT2D eigenvalue weighted by Crippen LogP contribution is -2.50. The zero-order chi connectivity index (χ0) is 20.1. The van der Waals surface area contributed by atoms with Crippen LogP contribution in [0.3, 0.4) is 0 Å². The molecule has 0 spiro atoms. The van der Waals surface area contributed by atoms with E-state index < -0.39 is 0 Å². The normalized spacial score (nSPS) is 14.2. The number of piperazine rings is 1. The summed E-state index contributed by atoms with van der Waals surface area (Å²) in [5, 5.41) is 4.39. The first-order chi connectivity index (χ1) is 14.2. The van der Waals surface area contributed by atoms with Crippen molar-refractivity contribution in [1.82, 2.24) is 24.6 Å². The molecular formula is C21H24N6O2. The van der Waals surface area contributed by atoms with Gasteiger partial charge in [0.05, 0.1) is 12.3 Å². The van der Waals surface area contributed by atoms with Gasteiger partial charge in [0.2, 0.25) is 5.91 Å². The minimum atomic E-state index is 0.0240. The highest BCUT2D eigenvalue weighted by atomic mass is 16.5. The molecule has 0 unspecified atom stereocenters. The third-order valence-corrected chi connectivity index (χ3v) is 4.89. The standard InChI is InChI=1S/C21H24N6O2/c1-17-7-8-27(24-17)20-13-19(22-16-23-20)25-9-11-26(12-10-25)21(28)15-29-14-18-5-3-2-4-6-18/h2-8,13,16H,9-12,14-15H2,1H3. The molecule has 2 aromatic heterocycles. The fourth-order valence-electron chi connectivity index (χ4n) is 3.28. The Bertz CT molecular complexity index is 951. The first-order valence-corrected chi connectivity index (χ1v) is 9.68. The molecule has 1 fully saturated rings. The molecule has 1 aliphatic heterocycles. The van der Waals surface area contributed by atoms with E-state index >= 15 is 0 Å². The maximum atomic E-state index is 12.4. The first kappa shape index (κ1) is 19.1. The summed E-state index contributed by atoms with van der Waals surface area (Å²) in [6.07, 6.45) is 3.43. The van der Waals surface area contributed by atoms with Crippen LogP contribution in [0.25, 0.3) is 5.82 Å². The maximum Gasteiger partial charge on any atom is 0.248 e. The summed E-state index contributed by atoms with van der Waals surface area (Å²) in [6, 6.07) is 13.7. The largest absolute Gasteiger partial charge is 0.367 e. The lowest BCUT2D eigenvalue weighted by molar-refractivity contribution is -0.136. The van der Waals surface area contributed by atoms with Gasteiger partial charge in [-0.2, -0.15) is 5.10 Å². The number of aromatic nitrogens is 4. The van der Waals surface area contributed by atoms with E-state index in [4.69, 9.17) is 4.74 Å². The van der Waals surface area contributed by atoms with Crippen molar-refractivity contribution in [2.75, 3.05) is 37.7 Å². The molecule has 1 aromatic carbocycles. The second-order valence-electron chi connectivity index (χ2n) is 6.98. The summed E-state index contributed by atoms with van der Waals surface area (Å²) in [5.74, 6) is 1.60. The average molecular weight is 392 g/mol. The maximum absolute atomic E-state index is 12.4. The minimum absolute atomic E-state index is 0.0240. The van der Waals surface area contributed by atoms with Crippen LogP contribution in [-0.4, -0.2) is 63.3 Å². The summed E-state index contributed by atoms with van der Waals surface area (Å²) in [7, 11) is 0. The average Bonchev–Trinajstić information content (AvgIpc) is 3.21. The number of ether oxygens (including phenoxy) is 1. The molecule has 1 amide bonds. The fraction of sp³-hybridized carbons (Fsp3) is 0.333. The van der Waals surface area contributed by atoms with Crippen LogP contribution in [-0.2, 0) is 16.1 Å². The van der Waals surface area contributed by atoms with E-state index in [0.29, 0.717) is 19.7 Å². The van der Waals surface area contributed by atoms with Crippen molar-refractivity contribution in [2.24, 2.45) is 0 Å². The number of rotatable bonds is 6. The number of aryl methyl sites for hydroxylation is 1.